The summed E-state index contributed by atoms with van der Waals surface area (Å²) < 4.78 is 10.8. The highest BCUT2D eigenvalue weighted by Gasteiger charge is 2.09. The third-order valence-corrected chi connectivity index (χ3v) is 3.75. The summed E-state index contributed by atoms with van der Waals surface area (Å²) in [6, 6.07) is 7.77. The average Bonchev–Trinajstić information content (AvgIpc) is 2.58. The SMILES string of the molecule is CCCc1ccc(OCNC(=O)NCCN2CCOCC2)cc1. The first kappa shape index (κ1) is 17.6. The van der Waals surface area contributed by atoms with Gasteiger partial charge in [-0.15, -0.1) is 0 Å². The molecular weight excluding hydrogens is 294 g/mol. The van der Waals surface area contributed by atoms with Gasteiger partial charge in [0.15, 0.2) is 6.73 Å². The molecule has 1 aromatic rings. The molecule has 0 aromatic heterocycles. The molecule has 6 nitrogen and oxygen atoms in total. The molecule has 1 fully saturated rings. The molecule has 23 heavy (non-hydrogen) atoms. The number of morpholine rings is 1. The minimum atomic E-state index is -0.208. The fourth-order valence-corrected chi connectivity index (χ4v) is 2.44. The van der Waals surface area contributed by atoms with Gasteiger partial charge < -0.3 is 20.1 Å². The van der Waals surface area contributed by atoms with Crippen molar-refractivity contribution in [2.45, 2.75) is 19.8 Å². The van der Waals surface area contributed by atoms with E-state index in [1.165, 1.54) is 5.56 Å². The molecule has 2 N–H and O–H groups in total. The smallest absolute Gasteiger partial charge is 0.317 e. The Kier molecular flexibility index (Phi) is 7.69. The number of hydrogen-bond donors (Lipinski definition) is 2. The molecular formula is C17H27N3O3. The van der Waals surface area contributed by atoms with E-state index >= 15 is 0 Å². The monoisotopic (exact) mass is 321 g/mol. The first-order chi connectivity index (χ1) is 11.3. The van der Waals surface area contributed by atoms with Gasteiger partial charge in [-0.1, -0.05) is 25.5 Å². The molecule has 0 atom stereocenters. The van der Waals surface area contributed by atoms with Crippen molar-refractivity contribution in [3.63, 3.8) is 0 Å². The maximum atomic E-state index is 11.7. The third kappa shape index (κ3) is 6.88. The van der Waals surface area contributed by atoms with E-state index in [2.05, 4.69) is 34.6 Å². The van der Waals surface area contributed by atoms with Gasteiger partial charge in [-0.05, 0) is 24.1 Å². The van der Waals surface area contributed by atoms with E-state index in [0.29, 0.717) is 6.54 Å². The van der Waals surface area contributed by atoms with Crippen LogP contribution < -0.4 is 15.4 Å². The predicted octanol–water partition coefficient (Wildman–Crippen LogP) is 1.61. The molecule has 2 rings (SSSR count). The molecule has 128 valence electrons. The van der Waals surface area contributed by atoms with Crippen molar-refractivity contribution >= 4 is 6.03 Å². The summed E-state index contributed by atoms with van der Waals surface area (Å²) in [4.78, 5) is 13.9. The molecule has 2 amide bonds. The van der Waals surface area contributed by atoms with Gasteiger partial charge in [0.2, 0.25) is 0 Å². The number of urea groups is 1. The highest BCUT2D eigenvalue weighted by atomic mass is 16.5. The van der Waals surface area contributed by atoms with E-state index in [4.69, 9.17) is 9.47 Å². The van der Waals surface area contributed by atoms with Crippen LogP contribution in [-0.4, -0.2) is 57.1 Å². The highest BCUT2D eigenvalue weighted by Crippen LogP contribution is 2.12. The second kappa shape index (κ2) is 10.1. The van der Waals surface area contributed by atoms with Crippen LogP contribution in [0.25, 0.3) is 0 Å². The van der Waals surface area contributed by atoms with Gasteiger partial charge in [-0.25, -0.2) is 4.79 Å². The molecule has 1 aliphatic heterocycles. The Labute approximate surface area is 138 Å². The van der Waals surface area contributed by atoms with E-state index in [9.17, 15) is 4.79 Å². The Hall–Kier alpha value is -1.79. The summed E-state index contributed by atoms with van der Waals surface area (Å²) in [5.41, 5.74) is 1.30. The first-order valence-corrected chi connectivity index (χ1v) is 8.31. The van der Waals surface area contributed by atoms with Crippen molar-refractivity contribution in [3.05, 3.63) is 29.8 Å². The molecule has 1 saturated heterocycles. The van der Waals surface area contributed by atoms with Crippen molar-refractivity contribution in [2.75, 3.05) is 46.1 Å². The van der Waals surface area contributed by atoms with E-state index < -0.39 is 0 Å². The molecule has 1 aliphatic rings. The maximum Gasteiger partial charge on any atom is 0.317 e. The maximum absolute atomic E-state index is 11.7. The van der Waals surface area contributed by atoms with Crippen molar-refractivity contribution in [1.29, 1.82) is 0 Å². The number of nitrogens with one attached hydrogen (secondary N) is 2. The van der Waals surface area contributed by atoms with Crippen LogP contribution in [0.3, 0.4) is 0 Å². The summed E-state index contributed by atoms with van der Waals surface area (Å²) in [6.07, 6.45) is 2.20. The van der Waals surface area contributed by atoms with E-state index in [-0.39, 0.29) is 12.8 Å². The van der Waals surface area contributed by atoms with E-state index in [0.717, 1.165) is 51.4 Å². The quantitative estimate of drug-likeness (QED) is 0.714. The van der Waals surface area contributed by atoms with Crippen LogP contribution in [0.15, 0.2) is 24.3 Å². The van der Waals surface area contributed by atoms with Crippen LogP contribution in [0, 0.1) is 0 Å². The second-order valence-corrected chi connectivity index (χ2v) is 5.57. The lowest BCUT2D eigenvalue weighted by Crippen LogP contribution is -2.44. The van der Waals surface area contributed by atoms with Crippen LogP contribution in [-0.2, 0) is 11.2 Å². The Bertz CT molecular complexity index is 459. The van der Waals surface area contributed by atoms with Crippen LogP contribution in [0.5, 0.6) is 5.75 Å². The summed E-state index contributed by atoms with van der Waals surface area (Å²) in [7, 11) is 0. The number of carbonyl (C=O) groups is 1. The van der Waals surface area contributed by atoms with Crippen LogP contribution in [0.2, 0.25) is 0 Å². The van der Waals surface area contributed by atoms with Crippen LogP contribution >= 0.6 is 0 Å². The van der Waals surface area contributed by atoms with Crippen molar-refractivity contribution in [1.82, 2.24) is 15.5 Å². The lowest BCUT2D eigenvalue weighted by atomic mass is 10.1. The summed E-state index contributed by atoms with van der Waals surface area (Å²) >= 11 is 0. The van der Waals surface area contributed by atoms with Crippen molar-refractivity contribution in [3.8, 4) is 5.75 Å². The van der Waals surface area contributed by atoms with Gasteiger partial charge in [-0.3, -0.25) is 4.90 Å². The number of amides is 2. The molecule has 0 bridgehead atoms. The van der Waals surface area contributed by atoms with Crippen molar-refractivity contribution in [2.24, 2.45) is 0 Å². The van der Waals surface area contributed by atoms with Crippen molar-refractivity contribution < 1.29 is 14.3 Å². The average molecular weight is 321 g/mol. The molecule has 1 heterocycles. The lowest BCUT2D eigenvalue weighted by molar-refractivity contribution is 0.0387. The van der Waals surface area contributed by atoms with Gasteiger partial charge in [0.25, 0.3) is 0 Å². The zero-order chi connectivity index (χ0) is 16.3. The summed E-state index contributed by atoms with van der Waals surface area (Å²) in [5.74, 6) is 0.762. The summed E-state index contributed by atoms with van der Waals surface area (Å²) in [5, 5.41) is 5.52. The number of rotatable bonds is 8. The molecule has 0 spiro atoms. The fraction of sp³-hybridized carbons (Fsp3) is 0.588. The number of nitrogens with zero attached hydrogens (tertiary/aromatic N) is 1. The third-order valence-electron chi connectivity index (χ3n) is 3.75. The zero-order valence-electron chi connectivity index (χ0n) is 13.8. The highest BCUT2D eigenvalue weighted by molar-refractivity contribution is 5.73. The standard InChI is InChI=1S/C17H27N3O3/c1-2-3-15-4-6-16(7-5-15)23-14-19-17(21)18-8-9-20-10-12-22-13-11-20/h4-7H,2-3,8-14H2,1H3,(H2,18,19,21). The number of hydrogen-bond acceptors (Lipinski definition) is 4. The molecule has 0 saturated carbocycles. The molecule has 1 aromatic carbocycles. The minimum Gasteiger partial charge on any atom is -0.473 e. The van der Waals surface area contributed by atoms with Gasteiger partial charge in [-0.2, -0.15) is 0 Å². The Morgan fingerprint density at radius 3 is 2.65 bits per heavy atom. The largest absolute Gasteiger partial charge is 0.473 e. The van der Waals surface area contributed by atoms with Gasteiger partial charge >= 0.3 is 6.03 Å². The molecule has 6 heteroatoms. The molecule has 0 radical (unpaired) electrons. The number of carbonyl (C=O) groups excluding carboxylic acids is 1. The van der Waals surface area contributed by atoms with Gasteiger partial charge in [0.1, 0.15) is 5.75 Å². The van der Waals surface area contributed by atoms with Gasteiger partial charge in [0, 0.05) is 26.2 Å². The fourth-order valence-electron chi connectivity index (χ4n) is 2.44. The topological polar surface area (TPSA) is 62.8 Å². The number of ether oxygens (including phenoxy) is 2. The van der Waals surface area contributed by atoms with Crippen LogP contribution in [0.1, 0.15) is 18.9 Å². The first-order valence-electron chi connectivity index (χ1n) is 8.31. The minimum absolute atomic E-state index is 0.163. The second-order valence-electron chi connectivity index (χ2n) is 5.57. The van der Waals surface area contributed by atoms with E-state index in [1.54, 1.807) is 0 Å². The lowest BCUT2D eigenvalue weighted by Gasteiger charge is -2.26. The van der Waals surface area contributed by atoms with E-state index in [1.807, 2.05) is 12.1 Å². The molecule has 0 unspecified atom stereocenters. The normalized spacial score (nSPS) is 15.2. The Morgan fingerprint density at radius 1 is 1.22 bits per heavy atom. The molecule has 0 aliphatic carbocycles. The summed E-state index contributed by atoms with van der Waals surface area (Å²) in [6.45, 7) is 7.20. The Balaban J connectivity index is 1.55. The van der Waals surface area contributed by atoms with Crippen LogP contribution in [0.4, 0.5) is 4.79 Å². The zero-order valence-corrected chi connectivity index (χ0v) is 13.8. The predicted molar refractivity (Wildman–Crippen MR) is 89.7 cm³/mol. The number of benzene rings is 1. The Morgan fingerprint density at radius 2 is 1.96 bits per heavy atom. The number of aryl methyl sites for hydroxylation is 1. The van der Waals surface area contributed by atoms with Gasteiger partial charge in [0.05, 0.1) is 13.2 Å².